The van der Waals surface area contributed by atoms with Crippen molar-refractivity contribution in [3.8, 4) is 0 Å². The Morgan fingerprint density at radius 2 is 1.53 bits per heavy atom. The topological polar surface area (TPSA) is 0 Å². The normalized spacial score (nSPS) is 54.7. The molecule has 0 saturated heterocycles. The highest BCUT2D eigenvalue weighted by Crippen LogP contribution is 2.82. The number of rotatable bonds is 0. The van der Waals surface area contributed by atoms with Crippen LogP contribution in [0.5, 0.6) is 0 Å². The summed E-state index contributed by atoms with van der Waals surface area (Å²) in [6, 6.07) is 0. The standard InChI is InChI=1S/C17H30/c1-11-10-12-8-7-9-13(12)14-16(4,5)17(14,6)15(11,2)3/h11-14H,7-10H2,1-6H3. The second kappa shape index (κ2) is 3.11. The summed E-state index contributed by atoms with van der Waals surface area (Å²) >= 11 is 0. The molecule has 3 rings (SSSR count). The molecule has 0 N–H and O–H groups in total. The molecule has 0 spiro atoms. The number of hydrogen-bond donors (Lipinski definition) is 0. The monoisotopic (exact) mass is 234 g/mol. The van der Waals surface area contributed by atoms with Crippen molar-refractivity contribution in [2.24, 2.45) is 39.9 Å². The van der Waals surface area contributed by atoms with Crippen molar-refractivity contribution in [3.63, 3.8) is 0 Å². The maximum absolute atomic E-state index is 2.61. The van der Waals surface area contributed by atoms with E-state index in [2.05, 4.69) is 41.5 Å². The van der Waals surface area contributed by atoms with Gasteiger partial charge in [0.1, 0.15) is 0 Å². The molecule has 5 unspecified atom stereocenters. The molecule has 0 aliphatic heterocycles. The van der Waals surface area contributed by atoms with Crippen LogP contribution in [0.25, 0.3) is 0 Å². The van der Waals surface area contributed by atoms with Crippen LogP contribution < -0.4 is 0 Å². The molecule has 0 heteroatoms. The van der Waals surface area contributed by atoms with E-state index in [1.165, 1.54) is 25.7 Å². The lowest BCUT2D eigenvalue weighted by Crippen LogP contribution is -2.34. The Labute approximate surface area is 108 Å². The molecule has 3 saturated carbocycles. The Kier molecular flexibility index (Phi) is 2.21. The lowest BCUT2D eigenvalue weighted by Gasteiger charge is -2.41. The minimum atomic E-state index is 0.519. The second-order valence-corrected chi connectivity index (χ2v) is 8.61. The summed E-state index contributed by atoms with van der Waals surface area (Å²) < 4.78 is 0. The summed E-state index contributed by atoms with van der Waals surface area (Å²) in [5, 5.41) is 0. The average Bonchev–Trinajstić information content (AvgIpc) is 2.59. The zero-order valence-electron chi connectivity index (χ0n) is 12.6. The zero-order valence-corrected chi connectivity index (χ0v) is 12.6. The molecule has 3 fully saturated rings. The molecule has 3 aliphatic rings. The summed E-state index contributed by atoms with van der Waals surface area (Å²) in [5.74, 6) is 4.00. The quantitative estimate of drug-likeness (QED) is 0.545. The third-order valence-electron chi connectivity index (χ3n) is 8.03. The molecule has 98 valence electrons. The first-order valence-electron chi connectivity index (χ1n) is 7.74. The van der Waals surface area contributed by atoms with Gasteiger partial charge in [0.15, 0.2) is 0 Å². The predicted molar refractivity (Wildman–Crippen MR) is 73.8 cm³/mol. The molecule has 0 aromatic rings. The van der Waals surface area contributed by atoms with E-state index < -0.39 is 0 Å². The summed E-state index contributed by atoms with van der Waals surface area (Å²) in [6.07, 6.45) is 6.05. The van der Waals surface area contributed by atoms with Crippen LogP contribution in [0.1, 0.15) is 67.2 Å². The van der Waals surface area contributed by atoms with Crippen molar-refractivity contribution in [1.82, 2.24) is 0 Å². The van der Waals surface area contributed by atoms with Gasteiger partial charge in [0.05, 0.1) is 0 Å². The van der Waals surface area contributed by atoms with Gasteiger partial charge in [0, 0.05) is 0 Å². The van der Waals surface area contributed by atoms with Crippen molar-refractivity contribution >= 4 is 0 Å². The van der Waals surface area contributed by atoms with Gasteiger partial charge >= 0.3 is 0 Å². The minimum absolute atomic E-state index is 0.519. The Bertz CT molecular complexity index is 338. The Hall–Kier alpha value is 0. The van der Waals surface area contributed by atoms with E-state index in [0.29, 0.717) is 16.2 Å². The van der Waals surface area contributed by atoms with E-state index in [1.807, 2.05) is 0 Å². The highest BCUT2D eigenvalue weighted by molar-refractivity contribution is 5.24. The van der Waals surface area contributed by atoms with E-state index in [0.717, 1.165) is 23.7 Å². The summed E-state index contributed by atoms with van der Waals surface area (Å²) in [4.78, 5) is 0. The largest absolute Gasteiger partial charge is 0.0620 e. The SMILES string of the molecule is CC1CC2CCCC2C2C(C)(C)C2(C)C1(C)C. The Balaban J connectivity index is 2.05. The van der Waals surface area contributed by atoms with E-state index in [4.69, 9.17) is 0 Å². The van der Waals surface area contributed by atoms with Gasteiger partial charge in [-0.1, -0.05) is 54.4 Å². The van der Waals surface area contributed by atoms with Crippen LogP contribution in [-0.4, -0.2) is 0 Å². The van der Waals surface area contributed by atoms with Crippen LogP contribution in [0.15, 0.2) is 0 Å². The lowest BCUT2D eigenvalue weighted by molar-refractivity contribution is 0.0795. The second-order valence-electron chi connectivity index (χ2n) is 8.61. The van der Waals surface area contributed by atoms with Gasteiger partial charge < -0.3 is 0 Å². The molecule has 0 heterocycles. The van der Waals surface area contributed by atoms with Crippen LogP contribution in [0.2, 0.25) is 0 Å². The first kappa shape index (κ1) is 12.1. The third-order valence-corrected chi connectivity index (χ3v) is 8.03. The van der Waals surface area contributed by atoms with Gasteiger partial charge in [0.2, 0.25) is 0 Å². The van der Waals surface area contributed by atoms with Crippen molar-refractivity contribution in [2.75, 3.05) is 0 Å². The lowest BCUT2D eigenvalue weighted by atomic mass is 9.64. The molecule has 3 aliphatic carbocycles. The average molecular weight is 234 g/mol. The van der Waals surface area contributed by atoms with Crippen molar-refractivity contribution in [2.45, 2.75) is 67.2 Å². The summed E-state index contributed by atoms with van der Waals surface area (Å²) in [7, 11) is 0. The fourth-order valence-electron chi connectivity index (χ4n) is 6.28. The molecular formula is C17H30. The molecule has 0 bridgehead atoms. The number of fused-ring (bicyclic) bond motifs is 3. The fraction of sp³-hybridized carbons (Fsp3) is 1.00. The van der Waals surface area contributed by atoms with Crippen LogP contribution >= 0.6 is 0 Å². The molecule has 0 amide bonds. The van der Waals surface area contributed by atoms with E-state index in [1.54, 1.807) is 0 Å². The molecule has 0 nitrogen and oxygen atoms in total. The zero-order chi connectivity index (χ0) is 12.6. The van der Waals surface area contributed by atoms with Gasteiger partial charge in [0.25, 0.3) is 0 Å². The van der Waals surface area contributed by atoms with E-state index in [9.17, 15) is 0 Å². The molecule has 5 atom stereocenters. The van der Waals surface area contributed by atoms with Gasteiger partial charge in [-0.15, -0.1) is 0 Å². The van der Waals surface area contributed by atoms with Gasteiger partial charge in [-0.3, -0.25) is 0 Å². The minimum Gasteiger partial charge on any atom is -0.0620 e. The van der Waals surface area contributed by atoms with Gasteiger partial charge in [-0.2, -0.15) is 0 Å². The molecule has 0 aromatic carbocycles. The van der Waals surface area contributed by atoms with Gasteiger partial charge in [-0.25, -0.2) is 0 Å². The van der Waals surface area contributed by atoms with Crippen LogP contribution in [0.3, 0.4) is 0 Å². The molecular weight excluding hydrogens is 204 g/mol. The Morgan fingerprint density at radius 1 is 0.882 bits per heavy atom. The van der Waals surface area contributed by atoms with Crippen LogP contribution in [-0.2, 0) is 0 Å². The first-order chi connectivity index (χ1) is 7.74. The first-order valence-corrected chi connectivity index (χ1v) is 7.74. The van der Waals surface area contributed by atoms with Crippen molar-refractivity contribution < 1.29 is 0 Å². The number of hydrogen-bond acceptors (Lipinski definition) is 0. The van der Waals surface area contributed by atoms with Crippen molar-refractivity contribution in [1.29, 1.82) is 0 Å². The molecule has 0 aromatic heterocycles. The van der Waals surface area contributed by atoms with E-state index >= 15 is 0 Å². The molecule has 17 heavy (non-hydrogen) atoms. The molecule has 0 radical (unpaired) electrons. The third kappa shape index (κ3) is 1.16. The van der Waals surface area contributed by atoms with Crippen LogP contribution in [0.4, 0.5) is 0 Å². The predicted octanol–water partition coefficient (Wildman–Crippen LogP) is 5.13. The van der Waals surface area contributed by atoms with E-state index in [-0.39, 0.29) is 0 Å². The smallest absolute Gasteiger partial charge is 0.0182 e. The van der Waals surface area contributed by atoms with Crippen LogP contribution in [0, 0.1) is 39.9 Å². The van der Waals surface area contributed by atoms with Crippen molar-refractivity contribution in [3.05, 3.63) is 0 Å². The fourth-order valence-corrected chi connectivity index (χ4v) is 6.28. The summed E-state index contributed by atoms with van der Waals surface area (Å²) in [5.41, 5.74) is 1.69. The maximum atomic E-state index is 2.61. The van der Waals surface area contributed by atoms with Gasteiger partial charge in [-0.05, 0) is 52.8 Å². The summed E-state index contributed by atoms with van der Waals surface area (Å²) in [6.45, 7) is 15.3. The Morgan fingerprint density at radius 3 is 2.18 bits per heavy atom. The maximum Gasteiger partial charge on any atom is -0.0182 e. The highest BCUT2D eigenvalue weighted by atomic mass is 14.8. The highest BCUT2D eigenvalue weighted by Gasteiger charge is 2.77.